The number of hydrogen-bond acceptors (Lipinski definition) is 3. The molecule has 0 aliphatic carbocycles. The Morgan fingerprint density at radius 1 is 1.22 bits per heavy atom. The van der Waals surface area contributed by atoms with Crippen molar-refractivity contribution < 1.29 is 14.1 Å². The lowest BCUT2D eigenvalue weighted by Crippen LogP contribution is -2.41. The van der Waals surface area contributed by atoms with Crippen LogP contribution in [0.15, 0.2) is 34.2 Å². The monoisotopic (exact) mass is 379 g/mol. The maximum atomic E-state index is 11.3. The molecule has 124 valence electrons. The molecule has 4 nitrogen and oxygen atoms in total. The maximum Gasteiger partial charge on any atom is 0.492 e. The van der Waals surface area contributed by atoms with Crippen molar-refractivity contribution in [1.82, 2.24) is 5.32 Å². The zero-order valence-electron chi connectivity index (χ0n) is 14.3. The summed E-state index contributed by atoms with van der Waals surface area (Å²) in [5.74, 6) is -0.0838. The lowest BCUT2D eigenvalue weighted by molar-refractivity contribution is -0.118. The highest BCUT2D eigenvalue weighted by atomic mass is 79.9. The molecule has 1 aliphatic heterocycles. The number of carbonyl (C=O) groups is 1. The SMILES string of the molecule is CC(=O)NCC(=Cc1ccccc1Br)B1OC(C)(C)C(C)(C)O1. The summed E-state index contributed by atoms with van der Waals surface area (Å²) in [4.78, 5) is 11.3. The Hall–Kier alpha value is -1.11. The Balaban J connectivity index is 2.32. The van der Waals surface area contributed by atoms with Crippen LogP contribution in [0.5, 0.6) is 0 Å². The summed E-state index contributed by atoms with van der Waals surface area (Å²) >= 11 is 3.54. The molecule has 1 N–H and O–H groups in total. The van der Waals surface area contributed by atoms with Crippen LogP contribution in [0.4, 0.5) is 0 Å². The van der Waals surface area contributed by atoms with Crippen molar-refractivity contribution in [2.75, 3.05) is 6.54 Å². The number of rotatable bonds is 4. The van der Waals surface area contributed by atoms with E-state index < -0.39 is 18.3 Å². The van der Waals surface area contributed by atoms with E-state index in [1.165, 1.54) is 6.92 Å². The third kappa shape index (κ3) is 4.25. The van der Waals surface area contributed by atoms with Crippen LogP contribution in [0.2, 0.25) is 0 Å². The second kappa shape index (κ2) is 6.79. The molecule has 1 saturated heterocycles. The van der Waals surface area contributed by atoms with E-state index in [0.29, 0.717) is 6.54 Å². The molecule has 0 spiro atoms. The zero-order chi connectivity index (χ0) is 17.3. The van der Waals surface area contributed by atoms with E-state index >= 15 is 0 Å². The predicted octanol–water partition coefficient (Wildman–Crippen LogP) is 3.60. The van der Waals surface area contributed by atoms with Crippen molar-refractivity contribution in [1.29, 1.82) is 0 Å². The molecule has 1 amide bonds. The molecule has 1 fully saturated rings. The summed E-state index contributed by atoms with van der Waals surface area (Å²) in [7, 11) is -0.487. The molecule has 0 saturated carbocycles. The second-order valence-corrected chi connectivity index (χ2v) is 7.59. The lowest BCUT2D eigenvalue weighted by atomic mass is 9.77. The molecule has 23 heavy (non-hydrogen) atoms. The Bertz CT molecular complexity index is 612. The van der Waals surface area contributed by atoms with Crippen molar-refractivity contribution >= 4 is 35.0 Å². The molecule has 0 bridgehead atoms. The number of benzene rings is 1. The summed E-state index contributed by atoms with van der Waals surface area (Å²) in [5, 5.41) is 2.83. The first kappa shape index (κ1) is 18.2. The Labute approximate surface area is 146 Å². The van der Waals surface area contributed by atoms with Gasteiger partial charge in [-0.15, -0.1) is 0 Å². The first-order valence-electron chi connectivity index (χ1n) is 7.67. The van der Waals surface area contributed by atoms with Gasteiger partial charge in [0.05, 0.1) is 11.2 Å². The van der Waals surface area contributed by atoms with Crippen LogP contribution < -0.4 is 5.32 Å². The van der Waals surface area contributed by atoms with E-state index in [1.54, 1.807) is 0 Å². The topological polar surface area (TPSA) is 47.6 Å². The molecule has 1 aromatic rings. The minimum Gasteiger partial charge on any atom is -0.400 e. The predicted molar refractivity (Wildman–Crippen MR) is 96.9 cm³/mol. The molecule has 6 heteroatoms. The van der Waals surface area contributed by atoms with Crippen molar-refractivity contribution in [3.8, 4) is 0 Å². The van der Waals surface area contributed by atoms with Crippen LogP contribution in [0, 0.1) is 0 Å². The summed E-state index contributed by atoms with van der Waals surface area (Å²) < 4.78 is 13.2. The van der Waals surface area contributed by atoms with Crippen LogP contribution in [0.3, 0.4) is 0 Å². The molecule has 2 rings (SSSR count). The van der Waals surface area contributed by atoms with Gasteiger partial charge in [0.2, 0.25) is 5.91 Å². The van der Waals surface area contributed by atoms with Gasteiger partial charge < -0.3 is 14.6 Å². The molecule has 0 unspecified atom stereocenters. The summed E-state index contributed by atoms with van der Waals surface area (Å²) in [6, 6.07) is 7.91. The fourth-order valence-electron chi connectivity index (χ4n) is 2.22. The van der Waals surface area contributed by atoms with E-state index in [4.69, 9.17) is 9.31 Å². The van der Waals surface area contributed by atoms with E-state index in [0.717, 1.165) is 15.5 Å². The van der Waals surface area contributed by atoms with E-state index in [-0.39, 0.29) is 5.91 Å². The zero-order valence-corrected chi connectivity index (χ0v) is 15.9. The molecular formula is C17H23BBrNO3. The van der Waals surface area contributed by atoms with Crippen LogP contribution in [0.1, 0.15) is 40.2 Å². The molecule has 0 aromatic heterocycles. The minimum atomic E-state index is -0.487. The fraction of sp³-hybridized carbons (Fsp3) is 0.471. The third-order valence-corrected chi connectivity index (χ3v) is 5.07. The molecule has 1 heterocycles. The highest BCUT2D eigenvalue weighted by Crippen LogP contribution is 2.38. The number of nitrogens with one attached hydrogen (secondary N) is 1. The second-order valence-electron chi connectivity index (χ2n) is 6.74. The van der Waals surface area contributed by atoms with Crippen LogP contribution >= 0.6 is 15.9 Å². The average Bonchev–Trinajstić information content (AvgIpc) is 2.65. The van der Waals surface area contributed by atoms with Gasteiger partial charge in [-0.1, -0.05) is 40.2 Å². The Morgan fingerprint density at radius 2 is 1.78 bits per heavy atom. The molecule has 0 atom stereocenters. The number of halogens is 1. The van der Waals surface area contributed by atoms with Gasteiger partial charge in [0.15, 0.2) is 0 Å². The van der Waals surface area contributed by atoms with E-state index in [1.807, 2.05) is 58.0 Å². The summed E-state index contributed by atoms with van der Waals surface area (Å²) in [6.07, 6.45) is 2.00. The molecule has 1 aliphatic rings. The lowest BCUT2D eigenvalue weighted by Gasteiger charge is -2.32. The number of hydrogen-bond donors (Lipinski definition) is 1. The van der Waals surface area contributed by atoms with Crippen molar-refractivity contribution in [2.45, 2.75) is 45.8 Å². The van der Waals surface area contributed by atoms with E-state index in [2.05, 4.69) is 21.2 Å². The quantitative estimate of drug-likeness (QED) is 0.813. The standard InChI is InChI=1S/C17H23BBrNO3/c1-12(21)20-11-14(10-13-8-6-7-9-15(13)19)18-22-16(2,3)17(4,5)23-18/h6-10H,11H2,1-5H3,(H,20,21). The van der Waals surface area contributed by atoms with Crippen LogP contribution in [-0.2, 0) is 14.1 Å². The van der Waals surface area contributed by atoms with Gasteiger partial charge in [-0.3, -0.25) is 4.79 Å². The largest absolute Gasteiger partial charge is 0.492 e. The van der Waals surface area contributed by atoms with Gasteiger partial charge in [0.25, 0.3) is 0 Å². The Morgan fingerprint density at radius 3 is 2.30 bits per heavy atom. The highest BCUT2D eigenvalue weighted by molar-refractivity contribution is 9.10. The van der Waals surface area contributed by atoms with Crippen molar-refractivity contribution in [3.63, 3.8) is 0 Å². The van der Waals surface area contributed by atoms with Gasteiger partial charge in [-0.05, 0) is 44.8 Å². The van der Waals surface area contributed by atoms with Gasteiger partial charge in [-0.2, -0.15) is 0 Å². The Kier molecular flexibility index (Phi) is 5.39. The van der Waals surface area contributed by atoms with E-state index in [9.17, 15) is 4.79 Å². The smallest absolute Gasteiger partial charge is 0.400 e. The average molecular weight is 380 g/mol. The first-order valence-corrected chi connectivity index (χ1v) is 8.47. The van der Waals surface area contributed by atoms with Gasteiger partial charge >= 0.3 is 7.12 Å². The highest BCUT2D eigenvalue weighted by Gasteiger charge is 2.52. The summed E-state index contributed by atoms with van der Waals surface area (Å²) in [6.45, 7) is 9.94. The van der Waals surface area contributed by atoms with Gasteiger partial charge in [0.1, 0.15) is 0 Å². The van der Waals surface area contributed by atoms with Crippen LogP contribution in [0.25, 0.3) is 6.08 Å². The maximum absolute atomic E-state index is 11.3. The minimum absolute atomic E-state index is 0.0838. The van der Waals surface area contributed by atoms with Crippen molar-refractivity contribution in [3.05, 3.63) is 39.8 Å². The molecule has 1 aromatic carbocycles. The number of amides is 1. The number of carbonyl (C=O) groups excluding carboxylic acids is 1. The first-order chi connectivity index (χ1) is 10.6. The molecular weight excluding hydrogens is 357 g/mol. The van der Waals surface area contributed by atoms with Gasteiger partial charge in [-0.25, -0.2) is 0 Å². The fourth-order valence-corrected chi connectivity index (χ4v) is 2.61. The summed E-state index contributed by atoms with van der Waals surface area (Å²) in [5.41, 5.74) is 1.07. The van der Waals surface area contributed by atoms with Gasteiger partial charge in [0, 0.05) is 17.9 Å². The van der Waals surface area contributed by atoms with Crippen molar-refractivity contribution in [2.24, 2.45) is 0 Å². The third-order valence-electron chi connectivity index (χ3n) is 4.34. The normalized spacial score (nSPS) is 19.7. The van der Waals surface area contributed by atoms with Crippen LogP contribution in [-0.4, -0.2) is 30.8 Å². The molecule has 0 radical (unpaired) electrons.